The molecule has 1 unspecified atom stereocenters. The van der Waals surface area contributed by atoms with Gasteiger partial charge in [0, 0.05) is 41.5 Å². The number of aromatic nitrogens is 4. The standard InChI is InChI=1S/C12H16N2OS.C10H10N4O2S/c1-2-11(1)16-14-10-3-5-13-12(7-10)9-4-6-15-8-9;1-2-16-8-5-12-3-6(14-8)7-4-13-10(17-7)9(11)15/h3,5,7,9,11H,1-2,4,6,8H2,(H,13,14);3-5H,2H2,1H3,(H2,11,15). The van der Waals surface area contributed by atoms with E-state index in [0.29, 0.717) is 24.1 Å². The topological polar surface area (TPSA) is 125 Å². The normalized spacial score (nSPS) is 17.2. The maximum atomic E-state index is 10.9. The summed E-state index contributed by atoms with van der Waals surface area (Å²) in [5.41, 5.74) is 8.08. The molecule has 3 N–H and O–H groups in total. The maximum Gasteiger partial charge on any atom is 0.277 e. The molecule has 0 bridgehead atoms. The van der Waals surface area contributed by atoms with E-state index in [1.807, 2.05) is 31.1 Å². The van der Waals surface area contributed by atoms with Crippen LogP contribution in [0, 0.1) is 0 Å². The third kappa shape index (κ3) is 6.86. The van der Waals surface area contributed by atoms with Crippen LogP contribution in [-0.4, -0.2) is 50.9 Å². The Morgan fingerprint density at radius 1 is 1.30 bits per heavy atom. The van der Waals surface area contributed by atoms with Gasteiger partial charge in [-0.2, -0.15) is 0 Å². The number of thiazole rings is 1. The molecule has 1 saturated carbocycles. The van der Waals surface area contributed by atoms with E-state index in [4.69, 9.17) is 15.2 Å². The average Bonchev–Trinajstić information content (AvgIpc) is 3.27. The molecule has 1 aliphatic carbocycles. The molecular weight excluding hydrogens is 460 g/mol. The third-order valence-electron chi connectivity index (χ3n) is 4.87. The number of ether oxygens (including phenoxy) is 2. The Bertz CT molecular complexity index is 1070. The molecule has 33 heavy (non-hydrogen) atoms. The number of nitrogens with two attached hydrogens (primary N) is 1. The lowest BCUT2D eigenvalue weighted by atomic mass is 10.0. The van der Waals surface area contributed by atoms with Crippen LogP contribution in [0.4, 0.5) is 5.69 Å². The molecule has 0 spiro atoms. The van der Waals surface area contributed by atoms with E-state index in [1.54, 1.807) is 12.4 Å². The highest BCUT2D eigenvalue weighted by Crippen LogP contribution is 2.35. The van der Waals surface area contributed by atoms with Gasteiger partial charge in [-0.25, -0.2) is 9.97 Å². The molecule has 3 aromatic rings. The van der Waals surface area contributed by atoms with Gasteiger partial charge in [0.15, 0.2) is 5.01 Å². The van der Waals surface area contributed by atoms with Crippen LogP contribution in [0.2, 0.25) is 0 Å². The van der Waals surface area contributed by atoms with Crippen LogP contribution in [-0.2, 0) is 4.74 Å². The molecule has 3 aromatic heterocycles. The molecule has 2 aliphatic rings. The highest BCUT2D eigenvalue weighted by molar-refractivity contribution is 8.01. The van der Waals surface area contributed by atoms with Gasteiger partial charge < -0.3 is 19.9 Å². The lowest BCUT2D eigenvalue weighted by Crippen LogP contribution is -2.09. The summed E-state index contributed by atoms with van der Waals surface area (Å²) >= 11 is 3.01. The first-order valence-corrected chi connectivity index (χ1v) is 12.5. The Labute approximate surface area is 200 Å². The summed E-state index contributed by atoms with van der Waals surface area (Å²) in [6.07, 6.45) is 10.4. The second kappa shape index (κ2) is 11.4. The van der Waals surface area contributed by atoms with E-state index in [2.05, 4.69) is 30.7 Å². The number of carbonyl (C=O) groups is 1. The zero-order chi connectivity index (χ0) is 23.0. The van der Waals surface area contributed by atoms with E-state index < -0.39 is 5.91 Å². The quantitative estimate of drug-likeness (QED) is 0.456. The van der Waals surface area contributed by atoms with Crippen molar-refractivity contribution in [2.75, 3.05) is 24.5 Å². The molecule has 1 saturated heterocycles. The van der Waals surface area contributed by atoms with Crippen molar-refractivity contribution in [2.24, 2.45) is 5.73 Å². The van der Waals surface area contributed by atoms with Gasteiger partial charge in [0.05, 0.1) is 30.5 Å². The summed E-state index contributed by atoms with van der Waals surface area (Å²) in [6.45, 7) is 4.09. The van der Waals surface area contributed by atoms with Gasteiger partial charge in [-0.3, -0.25) is 14.8 Å². The van der Waals surface area contributed by atoms with Gasteiger partial charge in [-0.05, 0) is 50.3 Å². The monoisotopic (exact) mass is 486 g/mol. The molecule has 0 aromatic carbocycles. The summed E-state index contributed by atoms with van der Waals surface area (Å²) < 4.78 is 14.0. The SMILES string of the molecule is CCOc1cncc(-c2cnc(C(N)=O)s2)n1.c1cc(NSC2CC2)cc(C2CCOC2)n1. The largest absolute Gasteiger partial charge is 0.477 e. The average molecular weight is 487 g/mol. The zero-order valence-electron chi connectivity index (χ0n) is 18.3. The van der Waals surface area contributed by atoms with Crippen molar-refractivity contribution in [3.8, 4) is 16.5 Å². The Kier molecular flexibility index (Phi) is 8.08. The molecular formula is C22H26N6O3S2. The predicted octanol–water partition coefficient (Wildman–Crippen LogP) is 3.91. The summed E-state index contributed by atoms with van der Waals surface area (Å²) in [7, 11) is 0. The number of rotatable bonds is 8. The third-order valence-corrected chi connectivity index (χ3v) is 7.06. The van der Waals surface area contributed by atoms with Crippen LogP contribution in [0.5, 0.6) is 5.88 Å². The minimum Gasteiger partial charge on any atom is -0.477 e. The molecule has 1 amide bonds. The Balaban J connectivity index is 0.000000157. The molecule has 1 aliphatic heterocycles. The fraction of sp³-hybridized carbons (Fsp3) is 0.409. The van der Waals surface area contributed by atoms with Crippen molar-refractivity contribution in [1.29, 1.82) is 0 Å². The number of hydrogen-bond donors (Lipinski definition) is 2. The minimum atomic E-state index is -0.546. The molecule has 0 radical (unpaired) electrons. The Morgan fingerprint density at radius 2 is 2.18 bits per heavy atom. The van der Waals surface area contributed by atoms with Crippen LogP contribution in [0.25, 0.3) is 10.6 Å². The smallest absolute Gasteiger partial charge is 0.277 e. The fourth-order valence-corrected chi connectivity index (χ4v) is 4.55. The van der Waals surface area contributed by atoms with Crippen LogP contribution >= 0.6 is 23.3 Å². The summed E-state index contributed by atoms with van der Waals surface area (Å²) in [5, 5.41) is 1.08. The van der Waals surface area contributed by atoms with Crippen molar-refractivity contribution >= 4 is 34.9 Å². The molecule has 11 heteroatoms. The molecule has 1 atom stereocenters. The lowest BCUT2D eigenvalue weighted by molar-refractivity contribution is 0.1000. The zero-order valence-corrected chi connectivity index (χ0v) is 19.9. The first kappa shape index (κ1) is 23.4. The number of nitrogens with one attached hydrogen (secondary N) is 1. The van der Waals surface area contributed by atoms with Crippen LogP contribution in [0.15, 0.2) is 36.9 Å². The second-order valence-corrected chi connectivity index (χ2v) is 9.66. The molecule has 4 heterocycles. The van der Waals surface area contributed by atoms with E-state index in [-0.39, 0.29) is 5.01 Å². The van der Waals surface area contributed by atoms with Gasteiger partial charge >= 0.3 is 0 Å². The maximum absolute atomic E-state index is 10.9. The van der Waals surface area contributed by atoms with Crippen LogP contribution in [0.3, 0.4) is 0 Å². The summed E-state index contributed by atoms with van der Waals surface area (Å²) in [5.74, 6) is 0.391. The van der Waals surface area contributed by atoms with Crippen LogP contribution in [0.1, 0.15) is 47.6 Å². The Hall–Kier alpha value is -2.76. The van der Waals surface area contributed by atoms with E-state index in [1.165, 1.54) is 41.8 Å². The Morgan fingerprint density at radius 3 is 2.88 bits per heavy atom. The van der Waals surface area contributed by atoms with Gasteiger partial charge in [0.2, 0.25) is 5.88 Å². The first-order chi connectivity index (χ1) is 16.1. The predicted molar refractivity (Wildman–Crippen MR) is 129 cm³/mol. The molecule has 2 fully saturated rings. The number of amides is 1. The van der Waals surface area contributed by atoms with Crippen LogP contribution < -0.4 is 15.2 Å². The number of primary amides is 1. The molecule has 174 valence electrons. The number of nitrogens with zero attached hydrogens (tertiary/aromatic N) is 4. The highest BCUT2D eigenvalue weighted by atomic mass is 32.2. The van der Waals surface area contributed by atoms with Gasteiger partial charge in [-0.1, -0.05) is 0 Å². The molecule has 9 nitrogen and oxygen atoms in total. The summed E-state index contributed by atoms with van der Waals surface area (Å²) in [6, 6.07) is 4.20. The van der Waals surface area contributed by atoms with Crippen molar-refractivity contribution < 1.29 is 14.3 Å². The number of pyridine rings is 1. The van der Waals surface area contributed by atoms with E-state index in [9.17, 15) is 4.79 Å². The van der Waals surface area contributed by atoms with Gasteiger partial charge in [0.1, 0.15) is 5.69 Å². The fourth-order valence-electron chi connectivity index (χ4n) is 3.03. The van der Waals surface area contributed by atoms with Gasteiger partial charge in [0.25, 0.3) is 5.91 Å². The summed E-state index contributed by atoms with van der Waals surface area (Å²) in [4.78, 5) is 28.2. The number of carbonyl (C=O) groups excluding carboxylic acids is 1. The lowest BCUT2D eigenvalue weighted by Gasteiger charge is -2.09. The van der Waals surface area contributed by atoms with Crippen molar-refractivity contribution in [1.82, 2.24) is 19.9 Å². The number of hydrogen-bond acceptors (Lipinski definition) is 10. The second-order valence-electron chi connectivity index (χ2n) is 7.52. The van der Waals surface area contributed by atoms with E-state index >= 15 is 0 Å². The van der Waals surface area contributed by atoms with E-state index in [0.717, 1.165) is 29.8 Å². The van der Waals surface area contributed by atoms with Gasteiger partial charge in [-0.15, -0.1) is 11.3 Å². The van der Waals surface area contributed by atoms with Crippen molar-refractivity contribution in [3.05, 3.63) is 47.6 Å². The molecule has 5 rings (SSSR count). The first-order valence-electron chi connectivity index (χ1n) is 10.8. The van der Waals surface area contributed by atoms with Crippen molar-refractivity contribution in [3.63, 3.8) is 0 Å². The minimum absolute atomic E-state index is 0.253. The number of anilines is 1. The highest BCUT2D eigenvalue weighted by Gasteiger charge is 2.23. The van der Waals surface area contributed by atoms with Crippen molar-refractivity contribution in [2.45, 2.75) is 37.4 Å².